The summed E-state index contributed by atoms with van der Waals surface area (Å²) in [6.45, 7) is 3.97. The maximum Gasteiger partial charge on any atom is 0.325 e. The van der Waals surface area contributed by atoms with Gasteiger partial charge in [-0.25, -0.2) is 0 Å². The maximum atomic E-state index is 12.4. The van der Waals surface area contributed by atoms with E-state index in [1.165, 1.54) is 0 Å². The Kier molecular flexibility index (Phi) is 9.18. The number of ether oxygens (including phenoxy) is 4. The van der Waals surface area contributed by atoms with Gasteiger partial charge in [0.1, 0.15) is 0 Å². The van der Waals surface area contributed by atoms with Crippen LogP contribution in [0.15, 0.2) is 60.7 Å². The Balaban J connectivity index is 2.18. The predicted octanol–water partition coefficient (Wildman–Crippen LogP) is 3.49. The molecule has 0 aliphatic carbocycles. The van der Waals surface area contributed by atoms with Crippen LogP contribution in [0.2, 0.25) is 0 Å². The van der Waals surface area contributed by atoms with E-state index in [2.05, 4.69) is 0 Å². The zero-order chi connectivity index (χ0) is 20.2. The third-order valence-corrected chi connectivity index (χ3v) is 3.87. The number of hydrogen-bond donors (Lipinski definition) is 0. The molecule has 6 nitrogen and oxygen atoms in total. The smallest absolute Gasteiger partial charge is 0.325 e. The van der Waals surface area contributed by atoms with Crippen molar-refractivity contribution in [2.75, 3.05) is 13.2 Å². The average Bonchev–Trinajstić information content (AvgIpc) is 2.72. The topological polar surface area (TPSA) is 71.1 Å². The molecule has 0 radical (unpaired) electrons. The van der Waals surface area contributed by atoms with E-state index >= 15 is 0 Å². The second kappa shape index (κ2) is 11.9. The van der Waals surface area contributed by atoms with Gasteiger partial charge in [-0.3, -0.25) is 9.59 Å². The normalized spacial score (nSPS) is 10.9. The summed E-state index contributed by atoms with van der Waals surface area (Å²) in [6.07, 6.45) is -1.14. The number of carbonyl (C=O) groups excluding carboxylic acids is 2. The van der Waals surface area contributed by atoms with E-state index < -0.39 is 24.1 Å². The van der Waals surface area contributed by atoms with E-state index in [0.29, 0.717) is 0 Å². The molecule has 0 aliphatic heterocycles. The lowest BCUT2D eigenvalue weighted by atomic mass is 10.1. The standard InChI is InChI=1S/C22H26O6/c1-3-25-20(23)19(21(24)26-4-2)22(27-15-17-11-7-5-8-12-17)28-16-18-13-9-6-10-14-18/h5-14,19,22H,3-4,15-16H2,1-2H3. The number of benzene rings is 2. The van der Waals surface area contributed by atoms with Crippen molar-refractivity contribution < 1.29 is 28.5 Å². The molecule has 0 bridgehead atoms. The van der Waals surface area contributed by atoms with Crippen LogP contribution in [0.25, 0.3) is 0 Å². The minimum absolute atomic E-state index is 0.138. The molecule has 0 aromatic heterocycles. The zero-order valence-corrected chi connectivity index (χ0v) is 16.2. The first-order valence-electron chi connectivity index (χ1n) is 9.30. The highest BCUT2D eigenvalue weighted by Crippen LogP contribution is 2.19. The molecule has 0 amide bonds. The second-order valence-electron chi connectivity index (χ2n) is 5.94. The third-order valence-electron chi connectivity index (χ3n) is 3.87. The Bertz CT molecular complexity index is 655. The van der Waals surface area contributed by atoms with Crippen LogP contribution in [-0.2, 0) is 41.8 Å². The van der Waals surface area contributed by atoms with E-state index in [9.17, 15) is 9.59 Å². The van der Waals surface area contributed by atoms with Gasteiger partial charge in [-0.05, 0) is 25.0 Å². The Morgan fingerprint density at radius 1 is 0.714 bits per heavy atom. The minimum atomic E-state index is -1.33. The molecular weight excluding hydrogens is 360 g/mol. The van der Waals surface area contributed by atoms with Gasteiger partial charge in [-0.1, -0.05) is 60.7 Å². The Labute approximate surface area is 165 Å². The molecule has 0 heterocycles. The molecule has 2 aromatic rings. The van der Waals surface area contributed by atoms with Gasteiger partial charge >= 0.3 is 11.9 Å². The summed E-state index contributed by atoms with van der Waals surface area (Å²) >= 11 is 0. The summed E-state index contributed by atoms with van der Waals surface area (Å²) in [5.41, 5.74) is 1.78. The lowest BCUT2D eigenvalue weighted by molar-refractivity contribution is -0.209. The van der Waals surface area contributed by atoms with Gasteiger partial charge in [-0.15, -0.1) is 0 Å². The summed E-state index contributed by atoms with van der Waals surface area (Å²) in [5, 5.41) is 0. The number of carbonyl (C=O) groups is 2. The molecule has 2 aromatic carbocycles. The first kappa shape index (κ1) is 21.6. The van der Waals surface area contributed by atoms with E-state index in [1.54, 1.807) is 13.8 Å². The van der Waals surface area contributed by atoms with Gasteiger partial charge < -0.3 is 18.9 Å². The highest BCUT2D eigenvalue weighted by molar-refractivity contribution is 5.95. The largest absolute Gasteiger partial charge is 0.465 e. The second-order valence-corrected chi connectivity index (χ2v) is 5.94. The first-order chi connectivity index (χ1) is 13.7. The van der Waals surface area contributed by atoms with Gasteiger partial charge in [0.05, 0.1) is 26.4 Å². The number of esters is 2. The third kappa shape index (κ3) is 6.79. The van der Waals surface area contributed by atoms with E-state index in [-0.39, 0.29) is 26.4 Å². The van der Waals surface area contributed by atoms with Crippen LogP contribution < -0.4 is 0 Å². The molecule has 150 valence electrons. The SMILES string of the molecule is CCOC(=O)C(C(=O)OCC)C(OCc1ccccc1)OCc1ccccc1. The molecular formula is C22H26O6. The Morgan fingerprint density at radius 3 is 1.46 bits per heavy atom. The van der Waals surface area contributed by atoms with Gasteiger partial charge in [-0.2, -0.15) is 0 Å². The number of rotatable bonds is 11. The van der Waals surface area contributed by atoms with Crippen LogP contribution in [-0.4, -0.2) is 31.4 Å². The summed E-state index contributed by atoms with van der Waals surface area (Å²) in [7, 11) is 0. The van der Waals surface area contributed by atoms with Crippen molar-refractivity contribution in [1.82, 2.24) is 0 Å². The maximum absolute atomic E-state index is 12.4. The molecule has 6 heteroatoms. The lowest BCUT2D eigenvalue weighted by Gasteiger charge is -2.25. The fourth-order valence-corrected chi connectivity index (χ4v) is 2.53. The van der Waals surface area contributed by atoms with Crippen molar-refractivity contribution in [2.24, 2.45) is 5.92 Å². The molecule has 0 unspecified atom stereocenters. The van der Waals surface area contributed by atoms with E-state index in [4.69, 9.17) is 18.9 Å². The van der Waals surface area contributed by atoms with Crippen LogP contribution in [0.3, 0.4) is 0 Å². The van der Waals surface area contributed by atoms with Crippen molar-refractivity contribution in [3.05, 3.63) is 71.8 Å². The molecule has 2 rings (SSSR count). The van der Waals surface area contributed by atoms with Crippen molar-refractivity contribution in [1.29, 1.82) is 0 Å². The quantitative estimate of drug-likeness (QED) is 0.334. The lowest BCUT2D eigenvalue weighted by Crippen LogP contribution is -2.40. The van der Waals surface area contributed by atoms with E-state index in [0.717, 1.165) is 11.1 Å². The summed E-state index contributed by atoms with van der Waals surface area (Å²) in [5.74, 6) is -2.79. The monoisotopic (exact) mass is 386 g/mol. The molecule has 28 heavy (non-hydrogen) atoms. The molecule has 0 fully saturated rings. The molecule has 0 saturated heterocycles. The highest BCUT2D eigenvalue weighted by Gasteiger charge is 2.39. The van der Waals surface area contributed by atoms with Crippen molar-refractivity contribution in [3.8, 4) is 0 Å². The summed E-state index contributed by atoms with van der Waals surface area (Å²) in [4.78, 5) is 24.9. The molecule has 0 aliphatic rings. The van der Waals surface area contributed by atoms with Crippen LogP contribution in [0.1, 0.15) is 25.0 Å². The van der Waals surface area contributed by atoms with Gasteiger partial charge in [0.25, 0.3) is 0 Å². The predicted molar refractivity (Wildman–Crippen MR) is 103 cm³/mol. The molecule has 0 atom stereocenters. The van der Waals surface area contributed by atoms with Crippen molar-refractivity contribution >= 4 is 11.9 Å². The zero-order valence-electron chi connectivity index (χ0n) is 16.2. The Hall–Kier alpha value is -2.70. The molecule has 0 saturated carbocycles. The fourth-order valence-electron chi connectivity index (χ4n) is 2.53. The van der Waals surface area contributed by atoms with Crippen LogP contribution >= 0.6 is 0 Å². The number of hydrogen-bond acceptors (Lipinski definition) is 6. The van der Waals surface area contributed by atoms with Gasteiger partial charge in [0.15, 0.2) is 6.29 Å². The Morgan fingerprint density at radius 2 is 1.11 bits per heavy atom. The molecule has 0 N–H and O–H groups in total. The fraction of sp³-hybridized carbons (Fsp3) is 0.364. The summed E-state index contributed by atoms with van der Waals surface area (Å²) < 4.78 is 21.8. The first-order valence-corrected chi connectivity index (χ1v) is 9.30. The summed E-state index contributed by atoms with van der Waals surface area (Å²) in [6, 6.07) is 18.9. The van der Waals surface area contributed by atoms with Gasteiger partial charge in [0.2, 0.25) is 5.92 Å². The van der Waals surface area contributed by atoms with Crippen molar-refractivity contribution in [2.45, 2.75) is 33.4 Å². The van der Waals surface area contributed by atoms with E-state index in [1.807, 2.05) is 60.7 Å². The van der Waals surface area contributed by atoms with Crippen LogP contribution in [0.4, 0.5) is 0 Å². The minimum Gasteiger partial charge on any atom is -0.465 e. The average molecular weight is 386 g/mol. The van der Waals surface area contributed by atoms with Crippen LogP contribution in [0, 0.1) is 5.92 Å². The van der Waals surface area contributed by atoms with Crippen LogP contribution in [0.5, 0.6) is 0 Å². The van der Waals surface area contributed by atoms with Gasteiger partial charge in [0, 0.05) is 0 Å². The highest BCUT2D eigenvalue weighted by atomic mass is 16.7. The molecule has 0 spiro atoms. The van der Waals surface area contributed by atoms with Crippen molar-refractivity contribution in [3.63, 3.8) is 0 Å².